The first-order valence-electron chi connectivity index (χ1n) is 16.0. The number of hydrogen-bond donors (Lipinski definition) is 4. The van der Waals surface area contributed by atoms with Gasteiger partial charge in [-0.25, -0.2) is 9.18 Å². The number of nitrogens with two attached hydrogens (primary N) is 1. The third-order valence-corrected chi connectivity index (χ3v) is 8.50. The highest BCUT2D eigenvalue weighted by molar-refractivity contribution is 6.39. The topological polar surface area (TPSA) is 166 Å². The number of carbonyl (C=O) groups excluding carboxylic acids is 4. The molecule has 1 aromatic rings. The lowest BCUT2D eigenvalue weighted by molar-refractivity contribution is -0.120. The third kappa shape index (κ3) is 9.71. The summed E-state index contributed by atoms with van der Waals surface area (Å²) in [4.78, 5) is 53.9. The molecule has 264 valence electrons. The van der Waals surface area contributed by atoms with Gasteiger partial charge in [0.25, 0.3) is 5.91 Å². The van der Waals surface area contributed by atoms with Crippen molar-refractivity contribution in [3.8, 4) is 0 Å². The molecule has 0 unspecified atom stereocenters. The van der Waals surface area contributed by atoms with Crippen LogP contribution in [0.3, 0.4) is 0 Å². The number of ether oxygens (including phenoxy) is 3. The van der Waals surface area contributed by atoms with Crippen LogP contribution in [0.5, 0.6) is 0 Å². The lowest BCUT2D eigenvalue weighted by Crippen LogP contribution is -2.39. The Kier molecular flexibility index (Phi) is 14.0. The highest BCUT2D eigenvalue weighted by Crippen LogP contribution is 2.34. The van der Waals surface area contributed by atoms with Gasteiger partial charge in [-0.1, -0.05) is 56.4 Å². The number of benzene rings is 1. The normalized spacial score (nSPS) is 26.2. The van der Waals surface area contributed by atoms with Crippen molar-refractivity contribution in [1.29, 1.82) is 0 Å². The molecule has 0 saturated carbocycles. The van der Waals surface area contributed by atoms with Gasteiger partial charge in [0.15, 0.2) is 6.10 Å². The van der Waals surface area contributed by atoms with Crippen LogP contribution in [-0.4, -0.2) is 73.9 Å². The molecule has 3 rings (SSSR count). The number of aliphatic hydroxyl groups is 1. The molecule has 2 bridgehead atoms. The highest BCUT2D eigenvalue weighted by Gasteiger charge is 2.38. The van der Waals surface area contributed by atoms with Gasteiger partial charge in [-0.2, -0.15) is 0 Å². The Hall–Kier alpha value is -4.65. The largest absolute Gasteiger partial charge is 0.439 e. The lowest BCUT2D eigenvalue weighted by atomic mass is 9.81. The van der Waals surface area contributed by atoms with E-state index in [4.69, 9.17) is 19.9 Å². The van der Waals surface area contributed by atoms with Crippen molar-refractivity contribution in [3.05, 3.63) is 101 Å². The lowest BCUT2D eigenvalue weighted by Gasteiger charge is -2.30. The quantitative estimate of drug-likeness (QED) is 0.244. The van der Waals surface area contributed by atoms with Gasteiger partial charge in [0.2, 0.25) is 11.6 Å². The van der Waals surface area contributed by atoms with E-state index in [1.807, 2.05) is 6.92 Å². The average Bonchev–Trinajstić information content (AvgIpc) is 3.06. The van der Waals surface area contributed by atoms with Crippen LogP contribution in [-0.2, 0) is 28.6 Å². The number of aliphatic hydroxyl groups excluding tert-OH is 1. The zero-order valence-electron chi connectivity index (χ0n) is 28.7. The molecule has 12 heteroatoms. The first kappa shape index (κ1) is 38.8. The predicted molar refractivity (Wildman–Crippen MR) is 183 cm³/mol. The maximum absolute atomic E-state index is 14.3. The first-order chi connectivity index (χ1) is 23.2. The standard InChI is InChI=1S/C37H46FN3O8/c1-8-16-40-30-26-17-20(2)18-28(48-7)32(42)22(4)19-23(5)35(49-37(39)46)27(47-6)11-9-10-21(3)36(45)41-31(33(26)43)29(34(30)44)24-12-14-25(38)15-13-24/h8-15,19-20,22,27-28,32,35,40,42H,1,16-18H2,2-7H3,(H2,39,46)(H,41,45)/t20-,22+,27+,28+,32-,35+/m1/s1. The maximum atomic E-state index is 14.3. The summed E-state index contributed by atoms with van der Waals surface area (Å²) < 4.78 is 30.6. The van der Waals surface area contributed by atoms with Gasteiger partial charge in [0, 0.05) is 37.8 Å². The van der Waals surface area contributed by atoms with E-state index in [1.54, 1.807) is 32.1 Å². The molecule has 49 heavy (non-hydrogen) atoms. The Bertz CT molecular complexity index is 1590. The van der Waals surface area contributed by atoms with E-state index in [2.05, 4.69) is 17.2 Å². The zero-order valence-corrected chi connectivity index (χ0v) is 28.7. The monoisotopic (exact) mass is 679 g/mol. The van der Waals surface area contributed by atoms with Crippen LogP contribution < -0.4 is 16.4 Å². The molecular formula is C37H46FN3O8. The predicted octanol–water partition coefficient (Wildman–Crippen LogP) is 4.20. The molecule has 5 N–H and O–H groups in total. The molecule has 0 radical (unpaired) electrons. The van der Waals surface area contributed by atoms with Crippen LogP contribution in [0.4, 0.5) is 9.18 Å². The minimum absolute atomic E-state index is 0.0442. The molecule has 0 fully saturated rings. The molecule has 6 atom stereocenters. The van der Waals surface area contributed by atoms with Gasteiger partial charge in [-0.15, -0.1) is 6.58 Å². The number of allylic oxidation sites excluding steroid dienone is 4. The van der Waals surface area contributed by atoms with Gasteiger partial charge in [0.1, 0.15) is 17.6 Å². The van der Waals surface area contributed by atoms with Gasteiger partial charge in [-0.05, 0) is 55.9 Å². The summed E-state index contributed by atoms with van der Waals surface area (Å²) in [5.41, 5.74) is 6.19. The summed E-state index contributed by atoms with van der Waals surface area (Å²) in [5, 5.41) is 17.0. The summed E-state index contributed by atoms with van der Waals surface area (Å²) in [6, 6.07) is 5.06. The van der Waals surface area contributed by atoms with Crippen LogP contribution >= 0.6 is 0 Å². The maximum Gasteiger partial charge on any atom is 0.405 e. The number of amides is 2. The number of carbonyl (C=O) groups is 4. The summed E-state index contributed by atoms with van der Waals surface area (Å²) in [5.74, 6) is -3.14. The Morgan fingerprint density at radius 2 is 1.80 bits per heavy atom. The Morgan fingerprint density at radius 3 is 2.39 bits per heavy atom. The molecule has 0 aromatic heterocycles. The van der Waals surface area contributed by atoms with Crippen molar-refractivity contribution in [1.82, 2.24) is 10.6 Å². The number of rotatable bonds is 7. The summed E-state index contributed by atoms with van der Waals surface area (Å²) in [7, 11) is 2.88. The molecule has 11 nitrogen and oxygen atoms in total. The second-order valence-electron chi connectivity index (χ2n) is 12.3. The molecule has 0 spiro atoms. The second kappa shape index (κ2) is 17.7. The van der Waals surface area contributed by atoms with Crippen molar-refractivity contribution in [2.24, 2.45) is 17.6 Å². The smallest absolute Gasteiger partial charge is 0.405 e. The Morgan fingerprint density at radius 1 is 1.12 bits per heavy atom. The van der Waals surface area contributed by atoms with E-state index in [9.17, 15) is 28.7 Å². The second-order valence-corrected chi connectivity index (χ2v) is 12.3. The van der Waals surface area contributed by atoms with Crippen molar-refractivity contribution in [2.45, 2.75) is 65.0 Å². The number of ketones is 2. The fourth-order valence-electron chi connectivity index (χ4n) is 5.92. The van der Waals surface area contributed by atoms with Crippen molar-refractivity contribution < 1.29 is 42.9 Å². The zero-order chi connectivity index (χ0) is 36.4. The number of methoxy groups -OCH3 is 2. The SMILES string of the molecule is C=CCNC1=C2C[C@@H](C)C[C@H](OC)[C@H](O)[C@@H](C)C=C(C)[C@H](OC(N)=O)[C@@H](OC)C=CC=C(C)C(=O)NC(=C(c3ccc(F)cc3)C1=O)C2=O. The van der Waals surface area contributed by atoms with E-state index < -0.39 is 59.7 Å². The molecule has 2 amide bonds. The van der Waals surface area contributed by atoms with E-state index in [-0.39, 0.29) is 59.0 Å². The Labute approximate surface area is 286 Å². The fraction of sp³-hybridized carbons (Fsp3) is 0.405. The van der Waals surface area contributed by atoms with E-state index in [1.165, 1.54) is 45.4 Å². The summed E-state index contributed by atoms with van der Waals surface area (Å²) >= 11 is 0. The average molecular weight is 680 g/mol. The van der Waals surface area contributed by atoms with Gasteiger partial charge >= 0.3 is 6.09 Å². The molecular weight excluding hydrogens is 633 g/mol. The van der Waals surface area contributed by atoms with Gasteiger partial charge < -0.3 is 35.7 Å². The van der Waals surface area contributed by atoms with Crippen LogP contribution in [0.25, 0.3) is 5.57 Å². The van der Waals surface area contributed by atoms with Crippen LogP contribution in [0.1, 0.15) is 46.1 Å². The minimum Gasteiger partial charge on any atom is -0.439 e. The summed E-state index contributed by atoms with van der Waals surface area (Å²) in [6.45, 7) is 10.8. The number of primary amides is 1. The Balaban J connectivity index is 2.24. The molecule has 1 aromatic carbocycles. The van der Waals surface area contributed by atoms with Crippen LogP contribution in [0.15, 0.2) is 89.3 Å². The van der Waals surface area contributed by atoms with Crippen molar-refractivity contribution in [3.63, 3.8) is 0 Å². The highest BCUT2D eigenvalue weighted by atomic mass is 19.1. The molecule has 2 aliphatic rings. The number of Topliss-reactive ketones (excluding diaryl/α,β-unsaturated/α-hetero) is 2. The van der Waals surface area contributed by atoms with E-state index >= 15 is 0 Å². The van der Waals surface area contributed by atoms with E-state index in [0.717, 1.165) is 12.1 Å². The fourth-order valence-corrected chi connectivity index (χ4v) is 5.92. The number of fused-ring (bicyclic) bond motifs is 2. The third-order valence-electron chi connectivity index (χ3n) is 8.50. The molecule has 1 aliphatic carbocycles. The molecule has 1 aliphatic heterocycles. The number of hydrogen-bond acceptors (Lipinski definition) is 9. The van der Waals surface area contributed by atoms with Crippen molar-refractivity contribution >= 4 is 29.1 Å². The first-order valence-corrected chi connectivity index (χ1v) is 16.0. The minimum atomic E-state index is -1.03. The number of nitrogens with one attached hydrogen (secondary N) is 2. The van der Waals surface area contributed by atoms with Gasteiger partial charge in [-0.3, -0.25) is 14.4 Å². The van der Waals surface area contributed by atoms with Crippen molar-refractivity contribution in [2.75, 3.05) is 20.8 Å². The van der Waals surface area contributed by atoms with E-state index in [0.29, 0.717) is 5.57 Å². The van der Waals surface area contributed by atoms with Crippen LogP contribution in [0.2, 0.25) is 0 Å². The van der Waals surface area contributed by atoms with Gasteiger partial charge in [0.05, 0.1) is 23.5 Å². The molecule has 1 heterocycles. The number of halogens is 1. The van der Waals surface area contributed by atoms with Crippen LogP contribution in [0, 0.1) is 17.7 Å². The molecule has 0 saturated heterocycles. The summed E-state index contributed by atoms with van der Waals surface area (Å²) in [6.07, 6.45) is 3.69.